The predicted octanol–water partition coefficient (Wildman–Crippen LogP) is 5.73. The highest BCUT2D eigenvalue weighted by molar-refractivity contribution is 6.31. The first-order valence-corrected chi connectivity index (χ1v) is 7.35. The molecule has 108 valence electrons. The van der Waals surface area contributed by atoms with Crippen LogP contribution in [-0.2, 0) is 0 Å². The molecule has 0 spiro atoms. The van der Waals surface area contributed by atoms with Crippen molar-refractivity contribution in [1.82, 2.24) is 9.55 Å². The van der Waals surface area contributed by atoms with Gasteiger partial charge in [0.1, 0.15) is 16.6 Å². The lowest BCUT2D eigenvalue weighted by atomic mass is 10.1. The van der Waals surface area contributed by atoms with Gasteiger partial charge in [-0.05, 0) is 43.7 Å². The van der Waals surface area contributed by atoms with Crippen LogP contribution in [0.1, 0.15) is 19.9 Å². The molecular formula is C16H13Cl2FN2. The molecule has 0 amide bonds. The van der Waals surface area contributed by atoms with Crippen LogP contribution in [0.25, 0.3) is 22.2 Å². The third-order valence-corrected chi connectivity index (χ3v) is 3.95. The smallest absolute Gasteiger partial charge is 0.142 e. The lowest BCUT2D eigenvalue weighted by molar-refractivity contribution is 0.618. The highest BCUT2D eigenvalue weighted by Gasteiger charge is 2.14. The van der Waals surface area contributed by atoms with Crippen molar-refractivity contribution in [2.75, 3.05) is 0 Å². The summed E-state index contributed by atoms with van der Waals surface area (Å²) in [7, 11) is 0. The van der Waals surface area contributed by atoms with E-state index in [1.165, 1.54) is 6.07 Å². The number of benzene rings is 1. The average molecular weight is 323 g/mol. The first-order valence-electron chi connectivity index (χ1n) is 6.60. The molecule has 0 aliphatic heterocycles. The van der Waals surface area contributed by atoms with Crippen LogP contribution in [0.4, 0.5) is 4.39 Å². The molecule has 2 aromatic heterocycles. The van der Waals surface area contributed by atoms with Gasteiger partial charge in [0.25, 0.3) is 0 Å². The fourth-order valence-corrected chi connectivity index (χ4v) is 2.65. The number of rotatable bonds is 2. The fourth-order valence-electron chi connectivity index (χ4n) is 2.39. The molecule has 0 atom stereocenters. The Bertz CT molecular complexity index is 825. The zero-order chi connectivity index (χ0) is 15.1. The Morgan fingerprint density at radius 3 is 2.57 bits per heavy atom. The largest absolute Gasteiger partial charge is 0.329 e. The second-order valence-corrected chi connectivity index (χ2v) is 5.97. The third-order valence-electron chi connectivity index (χ3n) is 3.43. The number of hydrogen-bond acceptors (Lipinski definition) is 1. The van der Waals surface area contributed by atoms with Crippen LogP contribution in [0.3, 0.4) is 0 Å². The average Bonchev–Trinajstić information content (AvgIpc) is 2.80. The Morgan fingerprint density at radius 2 is 1.90 bits per heavy atom. The standard InChI is InChI=1S/C16H13Cl2FN2/c1-9(2)21-8-12(10-3-5-13(17)14(19)7-10)11-4-6-15(18)20-16(11)21/h3-9H,1-2H3. The molecule has 0 aliphatic rings. The lowest BCUT2D eigenvalue weighted by Gasteiger charge is -2.07. The third kappa shape index (κ3) is 2.52. The molecule has 0 saturated heterocycles. The minimum Gasteiger partial charge on any atom is -0.329 e. The second-order valence-electron chi connectivity index (χ2n) is 5.18. The Hall–Kier alpha value is -1.58. The van der Waals surface area contributed by atoms with Crippen LogP contribution in [0.15, 0.2) is 36.5 Å². The quantitative estimate of drug-likeness (QED) is 0.551. The van der Waals surface area contributed by atoms with Crippen molar-refractivity contribution in [2.24, 2.45) is 0 Å². The molecule has 5 heteroatoms. The number of aromatic nitrogens is 2. The van der Waals surface area contributed by atoms with Crippen molar-refractivity contribution in [1.29, 1.82) is 0 Å². The van der Waals surface area contributed by atoms with Gasteiger partial charge in [0.2, 0.25) is 0 Å². The van der Waals surface area contributed by atoms with E-state index in [9.17, 15) is 4.39 Å². The first kappa shape index (κ1) is 14.4. The van der Waals surface area contributed by atoms with Gasteiger partial charge in [-0.15, -0.1) is 0 Å². The van der Waals surface area contributed by atoms with E-state index in [2.05, 4.69) is 18.8 Å². The van der Waals surface area contributed by atoms with E-state index >= 15 is 0 Å². The fraction of sp³-hybridized carbons (Fsp3) is 0.188. The van der Waals surface area contributed by atoms with Crippen LogP contribution in [0.5, 0.6) is 0 Å². The summed E-state index contributed by atoms with van der Waals surface area (Å²) in [5.74, 6) is -0.429. The summed E-state index contributed by atoms with van der Waals surface area (Å²) >= 11 is 11.7. The van der Waals surface area contributed by atoms with E-state index in [1.54, 1.807) is 18.2 Å². The zero-order valence-electron chi connectivity index (χ0n) is 11.6. The maximum atomic E-state index is 13.7. The van der Waals surface area contributed by atoms with Crippen molar-refractivity contribution in [3.05, 3.63) is 52.5 Å². The van der Waals surface area contributed by atoms with Gasteiger partial charge >= 0.3 is 0 Å². The SMILES string of the molecule is CC(C)n1cc(-c2ccc(Cl)c(F)c2)c2ccc(Cl)nc21. The number of halogens is 3. The minimum atomic E-state index is -0.429. The normalized spacial score (nSPS) is 11.5. The number of hydrogen-bond donors (Lipinski definition) is 0. The second kappa shape index (κ2) is 5.32. The molecule has 0 unspecified atom stereocenters. The van der Waals surface area contributed by atoms with Gasteiger partial charge in [-0.3, -0.25) is 0 Å². The van der Waals surface area contributed by atoms with Crippen LogP contribution in [0.2, 0.25) is 10.2 Å². The molecule has 0 fully saturated rings. The summed E-state index contributed by atoms with van der Waals surface area (Å²) in [5.41, 5.74) is 2.48. The monoisotopic (exact) mass is 322 g/mol. The van der Waals surface area contributed by atoms with Crippen LogP contribution in [0, 0.1) is 5.82 Å². The predicted molar refractivity (Wildman–Crippen MR) is 85.5 cm³/mol. The molecule has 0 radical (unpaired) electrons. The summed E-state index contributed by atoms with van der Waals surface area (Å²) in [6.45, 7) is 4.13. The van der Waals surface area contributed by atoms with E-state index in [1.807, 2.05) is 16.8 Å². The van der Waals surface area contributed by atoms with Crippen LogP contribution >= 0.6 is 23.2 Å². The molecule has 0 aliphatic carbocycles. The van der Waals surface area contributed by atoms with Gasteiger partial charge in [-0.25, -0.2) is 9.37 Å². The Balaban J connectivity index is 2.29. The first-order chi connectivity index (χ1) is 9.97. The molecular weight excluding hydrogens is 310 g/mol. The molecule has 2 heterocycles. The lowest BCUT2D eigenvalue weighted by Crippen LogP contribution is -1.99. The van der Waals surface area contributed by atoms with Gasteiger partial charge < -0.3 is 4.57 Å². The van der Waals surface area contributed by atoms with E-state index < -0.39 is 5.82 Å². The van der Waals surface area contributed by atoms with E-state index in [0.717, 1.165) is 22.2 Å². The highest BCUT2D eigenvalue weighted by atomic mass is 35.5. The van der Waals surface area contributed by atoms with Crippen molar-refractivity contribution in [2.45, 2.75) is 19.9 Å². The van der Waals surface area contributed by atoms with Crippen LogP contribution < -0.4 is 0 Å². The topological polar surface area (TPSA) is 17.8 Å². The van der Waals surface area contributed by atoms with Gasteiger partial charge in [0, 0.05) is 23.2 Å². The van der Waals surface area contributed by atoms with E-state index in [-0.39, 0.29) is 11.1 Å². The zero-order valence-corrected chi connectivity index (χ0v) is 13.1. The molecule has 21 heavy (non-hydrogen) atoms. The van der Waals surface area contributed by atoms with Crippen molar-refractivity contribution in [3.63, 3.8) is 0 Å². The molecule has 0 saturated carbocycles. The molecule has 0 N–H and O–H groups in total. The summed E-state index contributed by atoms with van der Waals surface area (Å²) in [6.07, 6.45) is 1.97. The van der Waals surface area contributed by atoms with Gasteiger partial charge in [0.15, 0.2) is 0 Å². The molecule has 0 bridgehead atoms. The number of fused-ring (bicyclic) bond motifs is 1. The summed E-state index contributed by atoms with van der Waals surface area (Å²) in [6, 6.07) is 8.68. The van der Waals surface area contributed by atoms with Crippen molar-refractivity contribution < 1.29 is 4.39 Å². The van der Waals surface area contributed by atoms with E-state index in [4.69, 9.17) is 23.2 Å². The number of nitrogens with zero attached hydrogens (tertiary/aromatic N) is 2. The summed E-state index contributed by atoms with van der Waals surface area (Å²) in [4.78, 5) is 4.39. The molecule has 3 aromatic rings. The summed E-state index contributed by atoms with van der Waals surface area (Å²) in [5, 5.41) is 1.50. The van der Waals surface area contributed by atoms with Crippen molar-refractivity contribution >= 4 is 34.2 Å². The van der Waals surface area contributed by atoms with Crippen molar-refractivity contribution in [3.8, 4) is 11.1 Å². The van der Waals surface area contributed by atoms with Gasteiger partial charge in [-0.1, -0.05) is 29.3 Å². The molecule has 1 aromatic carbocycles. The maximum absolute atomic E-state index is 13.7. The van der Waals surface area contributed by atoms with Gasteiger partial charge in [-0.2, -0.15) is 0 Å². The summed E-state index contributed by atoms with van der Waals surface area (Å²) < 4.78 is 15.7. The minimum absolute atomic E-state index is 0.118. The van der Waals surface area contributed by atoms with E-state index in [0.29, 0.717) is 5.15 Å². The maximum Gasteiger partial charge on any atom is 0.142 e. The molecule has 2 nitrogen and oxygen atoms in total. The Kier molecular flexibility index (Phi) is 3.64. The highest BCUT2D eigenvalue weighted by Crippen LogP contribution is 2.33. The number of pyridine rings is 1. The molecule has 3 rings (SSSR count). The van der Waals surface area contributed by atoms with Gasteiger partial charge in [0.05, 0.1) is 5.02 Å². The Labute approximate surface area is 132 Å². The van der Waals surface area contributed by atoms with Crippen LogP contribution in [-0.4, -0.2) is 9.55 Å². The Morgan fingerprint density at radius 1 is 1.14 bits per heavy atom.